The molecule has 0 aromatic carbocycles. The quantitative estimate of drug-likeness (QED) is 0.823. The van der Waals surface area contributed by atoms with Crippen molar-refractivity contribution < 1.29 is 9.90 Å². The Balaban J connectivity index is 1.45. The lowest BCUT2D eigenvalue weighted by atomic mass is 9.71. The minimum absolute atomic E-state index is 0.186. The van der Waals surface area contributed by atoms with Gasteiger partial charge >= 0.3 is 0 Å². The van der Waals surface area contributed by atoms with Gasteiger partial charge in [-0.3, -0.25) is 4.79 Å². The molecule has 3 nitrogen and oxygen atoms in total. The summed E-state index contributed by atoms with van der Waals surface area (Å²) in [7, 11) is 0. The number of aliphatic hydroxyl groups is 1. The van der Waals surface area contributed by atoms with Crippen LogP contribution in [0.5, 0.6) is 0 Å². The highest BCUT2D eigenvalue weighted by molar-refractivity contribution is 5.79. The summed E-state index contributed by atoms with van der Waals surface area (Å²) in [4.78, 5) is 12.1. The summed E-state index contributed by atoms with van der Waals surface area (Å²) in [5.41, 5.74) is -0.310. The molecule has 0 heterocycles. The SMILES string of the molecule is CC1(C)CCC(O)(CNC(=O)C2CC3CC3C2)CC1. The fourth-order valence-electron chi connectivity index (χ4n) is 3.89. The first kappa shape index (κ1) is 13.4. The molecule has 2 atom stereocenters. The average Bonchev–Trinajstić information content (AvgIpc) is 2.98. The van der Waals surface area contributed by atoms with Crippen LogP contribution in [0.3, 0.4) is 0 Å². The van der Waals surface area contributed by atoms with Crippen LogP contribution in [0.4, 0.5) is 0 Å². The summed E-state index contributed by atoms with van der Waals surface area (Å²) in [6.07, 6.45) is 7.25. The third kappa shape index (κ3) is 2.96. The minimum atomic E-state index is -0.660. The van der Waals surface area contributed by atoms with Crippen LogP contribution in [-0.4, -0.2) is 23.2 Å². The standard InChI is InChI=1S/C16H27NO2/c1-15(2)3-5-16(19,6-4-15)10-17-14(18)13-8-11-7-12(11)9-13/h11-13,19H,3-10H2,1-2H3,(H,17,18). The van der Waals surface area contributed by atoms with Gasteiger partial charge in [-0.2, -0.15) is 0 Å². The van der Waals surface area contributed by atoms with E-state index in [0.717, 1.165) is 50.4 Å². The van der Waals surface area contributed by atoms with Gasteiger partial charge in [0.25, 0.3) is 0 Å². The molecule has 0 aromatic rings. The van der Waals surface area contributed by atoms with Crippen molar-refractivity contribution in [3.8, 4) is 0 Å². The molecule has 3 heteroatoms. The second kappa shape index (κ2) is 4.47. The van der Waals surface area contributed by atoms with Gasteiger partial charge in [0.2, 0.25) is 5.91 Å². The van der Waals surface area contributed by atoms with Crippen LogP contribution in [0.2, 0.25) is 0 Å². The summed E-state index contributed by atoms with van der Waals surface area (Å²) in [5, 5.41) is 13.6. The lowest BCUT2D eigenvalue weighted by Crippen LogP contribution is -2.47. The zero-order valence-electron chi connectivity index (χ0n) is 12.2. The lowest BCUT2D eigenvalue weighted by Gasteiger charge is -2.40. The van der Waals surface area contributed by atoms with E-state index in [1.54, 1.807) is 0 Å². The lowest BCUT2D eigenvalue weighted by molar-refractivity contribution is -0.127. The molecule has 0 spiro atoms. The van der Waals surface area contributed by atoms with Gasteiger partial charge in [0.05, 0.1) is 5.60 Å². The molecule has 1 amide bonds. The first-order valence-electron chi connectivity index (χ1n) is 7.87. The smallest absolute Gasteiger partial charge is 0.223 e. The van der Waals surface area contributed by atoms with Gasteiger partial charge in [0.15, 0.2) is 0 Å². The summed E-state index contributed by atoms with van der Waals surface area (Å²) in [5.74, 6) is 2.10. The molecule has 0 radical (unpaired) electrons. The predicted octanol–water partition coefficient (Wildman–Crippen LogP) is 2.48. The third-order valence-electron chi connectivity index (χ3n) is 5.74. The molecule has 0 bridgehead atoms. The number of carbonyl (C=O) groups is 1. The molecule has 0 aliphatic heterocycles. The number of amides is 1. The average molecular weight is 265 g/mol. The first-order valence-corrected chi connectivity index (χ1v) is 7.87. The highest BCUT2D eigenvalue weighted by atomic mass is 16.3. The molecule has 3 saturated carbocycles. The van der Waals surface area contributed by atoms with Crippen molar-refractivity contribution in [2.24, 2.45) is 23.2 Å². The molecule has 0 aromatic heterocycles. The zero-order valence-corrected chi connectivity index (χ0v) is 12.2. The van der Waals surface area contributed by atoms with Crippen molar-refractivity contribution >= 4 is 5.91 Å². The summed E-state index contributed by atoms with van der Waals surface area (Å²) in [6.45, 7) is 4.97. The van der Waals surface area contributed by atoms with Crippen LogP contribution in [0.1, 0.15) is 58.8 Å². The van der Waals surface area contributed by atoms with E-state index in [9.17, 15) is 9.90 Å². The molecule has 19 heavy (non-hydrogen) atoms. The minimum Gasteiger partial charge on any atom is -0.388 e. The van der Waals surface area contributed by atoms with E-state index in [2.05, 4.69) is 19.2 Å². The highest BCUT2D eigenvalue weighted by Crippen LogP contribution is 2.54. The molecule has 108 valence electrons. The summed E-state index contributed by atoms with van der Waals surface area (Å²) < 4.78 is 0. The van der Waals surface area contributed by atoms with Gasteiger partial charge in [0, 0.05) is 12.5 Å². The van der Waals surface area contributed by atoms with Crippen molar-refractivity contribution in [2.75, 3.05) is 6.54 Å². The van der Waals surface area contributed by atoms with Crippen LogP contribution in [0, 0.1) is 23.2 Å². The molecule has 3 fully saturated rings. The maximum atomic E-state index is 12.1. The monoisotopic (exact) mass is 265 g/mol. The topological polar surface area (TPSA) is 49.3 Å². The van der Waals surface area contributed by atoms with Crippen molar-refractivity contribution in [3.05, 3.63) is 0 Å². The largest absolute Gasteiger partial charge is 0.388 e. The Morgan fingerprint density at radius 1 is 1.11 bits per heavy atom. The Morgan fingerprint density at radius 2 is 1.68 bits per heavy atom. The zero-order chi connectivity index (χ0) is 13.7. The van der Waals surface area contributed by atoms with E-state index in [0.29, 0.717) is 12.0 Å². The van der Waals surface area contributed by atoms with Crippen molar-refractivity contribution in [1.29, 1.82) is 0 Å². The van der Waals surface area contributed by atoms with Crippen LogP contribution >= 0.6 is 0 Å². The van der Waals surface area contributed by atoms with Crippen LogP contribution < -0.4 is 5.32 Å². The van der Waals surface area contributed by atoms with Crippen molar-refractivity contribution in [2.45, 2.75) is 64.4 Å². The van der Waals surface area contributed by atoms with E-state index in [1.807, 2.05) is 0 Å². The Kier molecular flexibility index (Phi) is 3.16. The van der Waals surface area contributed by atoms with Gasteiger partial charge in [0.1, 0.15) is 0 Å². The molecule has 3 aliphatic rings. The van der Waals surface area contributed by atoms with E-state index >= 15 is 0 Å². The Bertz CT molecular complexity index is 357. The second-order valence-corrected chi connectivity index (χ2v) is 8.03. The van der Waals surface area contributed by atoms with E-state index in [-0.39, 0.29) is 11.8 Å². The van der Waals surface area contributed by atoms with Gasteiger partial charge in [-0.1, -0.05) is 13.8 Å². The molecular weight excluding hydrogens is 238 g/mol. The number of rotatable bonds is 3. The molecule has 3 rings (SSSR count). The first-order chi connectivity index (χ1) is 8.87. The normalized spacial score (nSPS) is 38.6. The van der Waals surface area contributed by atoms with E-state index in [4.69, 9.17) is 0 Å². The highest BCUT2D eigenvalue weighted by Gasteiger charge is 2.48. The number of hydrogen-bond acceptors (Lipinski definition) is 2. The molecule has 0 saturated heterocycles. The number of fused-ring (bicyclic) bond motifs is 1. The number of hydrogen-bond donors (Lipinski definition) is 2. The summed E-state index contributed by atoms with van der Waals surface area (Å²) >= 11 is 0. The molecule has 2 N–H and O–H groups in total. The molecule has 2 unspecified atom stereocenters. The number of carbonyl (C=O) groups excluding carboxylic acids is 1. The Hall–Kier alpha value is -0.570. The van der Waals surface area contributed by atoms with Crippen molar-refractivity contribution in [3.63, 3.8) is 0 Å². The maximum Gasteiger partial charge on any atom is 0.223 e. The predicted molar refractivity (Wildman–Crippen MR) is 74.5 cm³/mol. The maximum absolute atomic E-state index is 12.1. The Labute approximate surface area is 116 Å². The fourth-order valence-corrected chi connectivity index (χ4v) is 3.89. The molecular formula is C16H27NO2. The van der Waals surface area contributed by atoms with Crippen LogP contribution in [-0.2, 0) is 4.79 Å². The van der Waals surface area contributed by atoms with Gasteiger partial charge in [-0.15, -0.1) is 0 Å². The van der Waals surface area contributed by atoms with E-state index < -0.39 is 5.60 Å². The molecule has 3 aliphatic carbocycles. The third-order valence-corrected chi connectivity index (χ3v) is 5.74. The van der Waals surface area contributed by atoms with Crippen LogP contribution in [0.15, 0.2) is 0 Å². The van der Waals surface area contributed by atoms with E-state index in [1.165, 1.54) is 6.42 Å². The summed E-state index contributed by atoms with van der Waals surface area (Å²) in [6, 6.07) is 0. The fraction of sp³-hybridized carbons (Fsp3) is 0.938. The number of nitrogens with one attached hydrogen (secondary N) is 1. The second-order valence-electron chi connectivity index (χ2n) is 8.03. The van der Waals surface area contributed by atoms with Gasteiger partial charge < -0.3 is 10.4 Å². The van der Waals surface area contributed by atoms with Gasteiger partial charge in [-0.25, -0.2) is 0 Å². The van der Waals surface area contributed by atoms with Gasteiger partial charge in [-0.05, 0) is 62.2 Å². The van der Waals surface area contributed by atoms with Crippen LogP contribution in [0.25, 0.3) is 0 Å². The van der Waals surface area contributed by atoms with Crippen molar-refractivity contribution in [1.82, 2.24) is 5.32 Å². The Morgan fingerprint density at radius 3 is 2.26 bits per heavy atom.